The van der Waals surface area contributed by atoms with Crippen LogP contribution < -0.4 is 5.32 Å². The molecule has 2 aliphatic rings. The summed E-state index contributed by atoms with van der Waals surface area (Å²) in [5, 5.41) is 3.17. The normalized spacial score (nSPS) is 24.9. The second-order valence-corrected chi connectivity index (χ2v) is 2.33. The summed E-state index contributed by atoms with van der Waals surface area (Å²) in [6, 6.07) is 0. The number of hydrogen-bond acceptors (Lipinski definition) is 3. The molecule has 0 aromatic carbocycles. The zero-order chi connectivity index (χ0) is 6.10. The predicted octanol–water partition coefficient (Wildman–Crippen LogP) is -0.279. The Morgan fingerprint density at radius 2 is 2.67 bits per heavy atom. The molecule has 0 aromatic heterocycles. The first kappa shape index (κ1) is 5.11. The molecule has 0 bridgehead atoms. The van der Waals surface area contributed by atoms with Crippen LogP contribution in [0.25, 0.3) is 0 Å². The Balaban J connectivity index is 2.16. The molecule has 0 aromatic rings. The number of hydrogen-bond donors (Lipinski definition) is 1. The first-order valence-electron chi connectivity index (χ1n) is 3.22. The van der Waals surface area contributed by atoms with Crippen molar-refractivity contribution in [2.45, 2.75) is 0 Å². The second kappa shape index (κ2) is 1.92. The summed E-state index contributed by atoms with van der Waals surface area (Å²) >= 11 is 0. The minimum Gasteiger partial charge on any atom is -0.388 e. The standard InChI is InChI=1S/C6H10N2O/c1-2-8-5-9-4-6(8)3-7-1/h3,7H,1-2,4-5H2. The lowest BCUT2D eigenvalue weighted by Gasteiger charge is -2.22. The van der Waals surface area contributed by atoms with E-state index < -0.39 is 0 Å². The van der Waals surface area contributed by atoms with Crippen LogP contribution in [0.5, 0.6) is 0 Å². The molecule has 1 fully saturated rings. The smallest absolute Gasteiger partial charge is 0.119 e. The molecule has 0 atom stereocenters. The van der Waals surface area contributed by atoms with Crippen LogP contribution in [-0.2, 0) is 4.74 Å². The van der Waals surface area contributed by atoms with Crippen molar-refractivity contribution >= 4 is 0 Å². The maximum atomic E-state index is 5.21. The average molecular weight is 126 g/mol. The lowest BCUT2D eigenvalue weighted by atomic mass is 10.4. The topological polar surface area (TPSA) is 24.5 Å². The maximum Gasteiger partial charge on any atom is 0.119 e. The van der Waals surface area contributed by atoms with Crippen molar-refractivity contribution < 1.29 is 4.74 Å². The highest BCUT2D eigenvalue weighted by atomic mass is 16.5. The summed E-state index contributed by atoms with van der Waals surface area (Å²) in [6.45, 7) is 3.71. The predicted molar refractivity (Wildman–Crippen MR) is 33.6 cm³/mol. The summed E-state index contributed by atoms with van der Waals surface area (Å²) in [6.07, 6.45) is 2.04. The van der Waals surface area contributed by atoms with Gasteiger partial charge in [-0.25, -0.2) is 0 Å². The van der Waals surface area contributed by atoms with E-state index in [9.17, 15) is 0 Å². The molecule has 0 saturated carbocycles. The molecular formula is C6H10N2O. The van der Waals surface area contributed by atoms with Gasteiger partial charge in [-0.05, 0) is 0 Å². The molecule has 1 saturated heterocycles. The Morgan fingerprint density at radius 1 is 1.67 bits per heavy atom. The van der Waals surface area contributed by atoms with E-state index in [1.54, 1.807) is 0 Å². The van der Waals surface area contributed by atoms with Gasteiger partial charge in [-0.15, -0.1) is 0 Å². The fourth-order valence-corrected chi connectivity index (χ4v) is 1.17. The van der Waals surface area contributed by atoms with Crippen molar-refractivity contribution in [3.05, 3.63) is 11.9 Å². The first-order chi connectivity index (χ1) is 4.47. The van der Waals surface area contributed by atoms with Crippen molar-refractivity contribution in [3.8, 4) is 0 Å². The summed E-state index contributed by atoms with van der Waals surface area (Å²) < 4.78 is 5.21. The molecule has 1 N–H and O–H groups in total. The van der Waals surface area contributed by atoms with Crippen LogP contribution >= 0.6 is 0 Å². The summed E-state index contributed by atoms with van der Waals surface area (Å²) in [5.74, 6) is 0. The van der Waals surface area contributed by atoms with Crippen LogP contribution in [0.4, 0.5) is 0 Å². The van der Waals surface area contributed by atoms with Gasteiger partial charge in [0, 0.05) is 19.3 Å². The number of rotatable bonds is 0. The van der Waals surface area contributed by atoms with Gasteiger partial charge in [-0.1, -0.05) is 0 Å². The first-order valence-corrected chi connectivity index (χ1v) is 3.22. The van der Waals surface area contributed by atoms with Gasteiger partial charge in [0.05, 0.1) is 12.3 Å². The monoisotopic (exact) mass is 126 g/mol. The molecule has 3 nitrogen and oxygen atoms in total. The van der Waals surface area contributed by atoms with Gasteiger partial charge in [-0.2, -0.15) is 0 Å². The summed E-state index contributed by atoms with van der Waals surface area (Å²) in [7, 11) is 0. The van der Waals surface area contributed by atoms with Gasteiger partial charge in [0.15, 0.2) is 0 Å². The van der Waals surface area contributed by atoms with E-state index in [4.69, 9.17) is 4.74 Å². The van der Waals surface area contributed by atoms with Gasteiger partial charge in [0.25, 0.3) is 0 Å². The minimum absolute atomic E-state index is 0.785. The quantitative estimate of drug-likeness (QED) is 0.483. The Hall–Kier alpha value is -0.700. The molecule has 9 heavy (non-hydrogen) atoms. The Labute approximate surface area is 54.3 Å². The summed E-state index contributed by atoms with van der Waals surface area (Å²) in [5.41, 5.74) is 1.29. The average Bonchev–Trinajstić information content (AvgIpc) is 2.33. The van der Waals surface area contributed by atoms with Gasteiger partial charge in [0.2, 0.25) is 0 Å². The molecular weight excluding hydrogens is 116 g/mol. The largest absolute Gasteiger partial charge is 0.388 e. The molecule has 3 heteroatoms. The molecule has 0 amide bonds. The zero-order valence-corrected chi connectivity index (χ0v) is 5.26. The Morgan fingerprint density at radius 3 is 3.56 bits per heavy atom. The van der Waals surface area contributed by atoms with E-state index in [2.05, 4.69) is 10.2 Å². The third-order valence-electron chi connectivity index (χ3n) is 1.70. The van der Waals surface area contributed by atoms with E-state index in [1.807, 2.05) is 6.20 Å². The highest BCUT2D eigenvalue weighted by Crippen LogP contribution is 2.13. The lowest BCUT2D eigenvalue weighted by Crippen LogP contribution is -2.32. The van der Waals surface area contributed by atoms with Gasteiger partial charge in [-0.3, -0.25) is 0 Å². The van der Waals surface area contributed by atoms with Crippen molar-refractivity contribution in [1.82, 2.24) is 10.2 Å². The van der Waals surface area contributed by atoms with E-state index in [-0.39, 0.29) is 0 Å². The molecule has 2 rings (SSSR count). The summed E-state index contributed by atoms with van der Waals surface area (Å²) in [4.78, 5) is 2.25. The third-order valence-corrected chi connectivity index (χ3v) is 1.70. The number of fused-ring (bicyclic) bond motifs is 1. The van der Waals surface area contributed by atoms with Crippen LogP contribution in [0.3, 0.4) is 0 Å². The Bertz CT molecular complexity index is 144. The van der Waals surface area contributed by atoms with E-state index in [1.165, 1.54) is 5.70 Å². The Kier molecular flexibility index (Phi) is 1.09. The third kappa shape index (κ3) is 0.772. The molecule has 0 unspecified atom stereocenters. The molecule has 2 heterocycles. The van der Waals surface area contributed by atoms with Crippen LogP contribution in [0, 0.1) is 0 Å². The fraction of sp³-hybridized carbons (Fsp3) is 0.667. The van der Waals surface area contributed by atoms with Crippen molar-refractivity contribution in [1.29, 1.82) is 0 Å². The highest BCUT2D eigenvalue weighted by Gasteiger charge is 2.18. The number of ether oxygens (including phenoxy) is 1. The molecule has 0 radical (unpaired) electrons. The van der Waals surface area contributed by atoms with E-state index in [0.29, 0.717) is 0 Å². The highest BCUT2D eigenvalue weighted by molar-refractivity contribution is 5.05. The van der Waals surface area contributed by atoms with Crippen LogP contribution in [0.15, 0.2) is 11.9 Å². The maximum absolute atomic E-state index is 5.21. The van der Waals surface area contributed by atoms with Crippen molar-refractivity contribution in [3.63, 3.8) is 0 Å². The molecule has 0 aliphatic carbocycles. The fourth-order valence-electron chi connectivity index (χ4n) is 1.17. The van der Waals surface area contributed by atoms with Crippen molar-refractivity contribution in [2.75, 3.05) is 26.4 Å². The van der Waals surface area contributed by atoms with E-state index in [0.717, 1.165) is 26.4 Å². The van der Waals surface area contributed by atoms with E-state index >= 15 is 0 Å². The van der Waals surface area contributed by atoms with Crippen LogP contribution in [0.1, 0.15) is 0 Å². The van der Waals surface area contributed by atoms with Gasteiger partial charge >= 0.3 is 0 Å². The van der Waals surface area contributed by atoms with Crippen LogP contribution in [0.2, 0.25) is 0 Å². The number of nitrogens with zero attached hydrogens (tertiary/aromatic N) is 1. The van der Waals surface area contributed by atoms with Crippen molar-refractivity contribution in [2.24, 2.45) is 0 Å². The SMILES string of the molecule is C1=C2COCN2CCN1. The number of nitrogens with one attached hydrogen (secondary N) is 1. The lowest BCUT2D eigenvalue weighted by molar-refractivity contribution is 0.142. The molecule has 2 aliphatic heterocycles. The zero-order valence-electron chi connectivity index (χ0n) is 5.26. The van der Waals surface area contributed by atoms with Crippen LogP contribution in [-0.4, -0.2) is 31.3 Å². The van der Waals surface area contributed by atoms with Gasteiger partial charge < -0.3 is 15.0 Å². The van der Waals surface area contributed by atoms with Gasteiger partial charge in [0.1, 0.15) is 6.73 Å². The molecule has 0 spiro atoms. The second-order valence-electron chi connectivity index (χ2n) is 2.33. The molecule has 50 valence electrons. The minimum atomic E-state index is 0.785.